The van der Waals surface area contributed by atoms with Crippen molar-refractivity contribution in [3.8, 4) is 0 Å². The fourth-order valence-corrected chi connectivity index (χ4v) is 1.42. The Morgan fingerprint density at radius 1 is 1.60 bits per heavy atom. The van der Waals surface area contributed by atoms with E-state index < -0.39 is 0 Å². The van der Waals surface area contributed by atoms with Crippen molar-refractivity contribution in [1.82, 2.24) is 4.90 Å². The second-order valence-electron chi connectivity index (χ2n) is 2.78. The van der Waals surface area contributed by atoms with Crippen LogP contribution in [0, 0.1) is 0 Å². The molecule has 0 N–H and O–H groups in total. The van der Waals surface area contributed by atoms with E-state index in [0.717, 1.165) is 12.6 Å². The van der Waals surface area contributed by atoms with Crippen LogP contribution >= 0.6 is 0 Å². The van der Waals surface area contributed by atoms with Crippen molar-refractivity contribution in [2.75, 3.05) is 27.2 Å². The van der Waals surface area contributed by atoms with Gasteiger partial charge >= 0.3 is 51.4 Å². The normalized spacial score (nSPS) is 26.4. The minimum Gasteiger partial charge on any atom is -0.664 e. The summed E-state index contributed by atoms with van der Waals surface area (Å²) >= 11 is 0. The van der Waals surface area contributed by atoms with E-state index in [1.54, 1.807) is 0 Å². The van der Waals surface area contributed by atoms with Crippen molar-refractivity contribution in [2.24, 2.45) is 0 Å². The molecule has 1 rings (SSSR count). The molecule has 10 heavy (non-hydrogen) atoms. The molecular formula is C7H15KN2. The van der Waals surface area contributed by atoms with Gasteiger partial charge < -0.3 is 10.2 Å². The van der Waals surface area contributed by atoms with Crippen LogP contribution < -0.4 is 51.4 Å². The molecule has 1 fully saturated rings. The van der Waals surface area contributed by atoms with Crippen LogP contribution in [0.4, 0.5) is 0 Å². The fraction of sp³-hybridized carbons (Fsp3) is 1.00. The molecular weight excluding hydrogens is 151 g/mol. The third-order valence-corrected chi connectivity index (χ3v) is 2.06. The van der Waals surface area contributed by atoms with Crippen molar-refractivity contribution in [1.29, 1.82) is 0 Å². The molecule has 1 unspecified atom stereocenters. The fourth-order valence-electron chi connectivity index (χ4n) is 1.42. The van der Waals surface area contributed by atoms with Crippen LogP contribution in [0.3, 0.4) is 0 Å². The van der Waals surface area contributed by atoms with Gasteiger partial charge in [0.2, 0.25) is 0 Å². The van der Waals surface area contributed by atoms with Gasteiger partial charge in [0.05, 0.1) is 0 Å². The quantitative estimate of drug-likeness (QED) is 0.438. The zero-order chi connectivity index (χ0) is 6.69. The van der Waals surface area contributed by atoms with Crippen molar-refractivity contribution in [3.05, 3.63) is 5.32 Å². The molecule has 0 saturated carbocycles. The number of likely N-dealkylation sites (N-methyl/N-ethyl adjacent to an activating group) is 2. The number of hydrogen-bond donors (Lipinski definition) is 0. The first kappa shape index (κ1) is 11.6. The Bertz CT molecular complexity index is 87.7. The minimum atomic E-state index is 0. The first-order valence-electron chi connectivity index (χ1n) is 3.60. The molecule has 2 nitrogen and oxygen atoms in total. The standard InChI is InChI=1S/C7H15N2.K/c1-8-6-7-4-3-5-9(7)2;/h7H,3-6H2,1-2H3;/q-1;+1. The summed E-state index contributed by atoms with van der Waals surface area (Å²) in [5.41, 5.74) is 0. The minimum absolute atomic E-state index is 0. The number of rotatable bonds is 2. The molecule has 3 heteroatoms. The van der Waals surface area contributed by atoms with Gasteiger partial charge in [0.25, 0.3) is 0 Å². The Morgan fingerprint density at radius 2 is 2.30 bits per heavy atom. The van der Waals surface area contributed by atoms with Gasteiger partial charge in [-0.1, -0.05) is 0 Å². The predicted molar refractivity (Wildman–Crippen MR) is 39.8 cm³/mol. The van der Waals surface area contributed by atoms with Crippen LogP contribution in [0.25, 0.3) is 5.32 Å². The first-order chi connectivity index (χ1) is 4.34. The third-order valence-electron chi connectivity index (χ3n) is 2.06. The summed E-state index contributed by atoms with van der Waals surface area (Å²) < 4.78 is 0. The van der Waals surface area contributed by atoms with Crippen molar-refractivity contribution in [2.45, 2.75) is 18.9 Å². The summed E-state index contributed by atoms with van der Waals surface area (Å²) in [4.78, 5) is 2.40. The molecule has 54 valence electrons. The average Bonchev–Trinajstić information content (AvgIpc) is 2.18. The van der Waals surface area contributed by atoms with Crippen LogP contribution in [0.1, 0.15) is 12.8 Å². The largest absolute Gasteiger partial charge is 1.00 e. The Balaban J connectivity index is 0.000000810. The third kappa shape index (κ3) is 3.30. The van der Waals surface area contributed by atoms with E-state index in [4.69, 9.17) is 0 Å². The van der Waals surface area contributed by atoms with Crippen molar-refractivity contribution >= 4 is 0 Å². The van der Waals surface area contributed by atoms with Gasteiger partial charge in [-0.25, -0.2) is 0 Å². The summed E-state index contributed by atoms with van der Waals surface area (Å²) in [6.07, 6.45) is 2.70. The Kier molecular flexibility index (Phi) is 7.07. The van der Waals surface area contributed by atoms with Crippen LogP contribution in [-0.4, -0.2) is 38.1 Å². The van der Waals surface area contributed by atoms with Gasteiger partial charge in [0.1, 0.15) is 0 Å². The smallest absolute Gasteiger partial charge is 0.664 e. The summed E-state index contributed by atoms with van der Waals surface area (Å²) in [5, 5.41) is 4.13. The topological polar surface area (TPSA) is 17.3 Å². The summed E-state index contributed by atoms with van der Waals surface area (Å²) in [5.74, 6) is 0. The molecule has 1 aliphatic heterocycles. The van der Waals surface area contributed by atoms with E-state index in [1.807, 2.05) is 7.05 Å². The van der Waals surface area contributed by atoms with Gasteiger partial charge in [-0.05, 0) is 32.5 Å². The zero-order valence-electron chi connectivity index (χ0n) is 7.30. The Hall–Kier alpha value is 1.56. The maximum Gasteiger partial charge on any atom is 1.00 e. The molecule has 0 aliphatic carbocycles. The van der Waals surface area contributed by atoms with Crippen molar-refractivity contribution in [3.63, 3.8) is 0 Å². The molecule has 1 heterocycles. The molecule has 0 amide bonds. The van der Waals surface area contributed by atoms with Crippen LogP contribution in [0.2, 0.25) is 0 Å². The maximum atomic E-state index is 4.13. The molecule has 1 atom stereocenters. The van der Waals surface area contributed by atoms with Gasteiger partial charge in [0.15, 0.2) is 0 Å². The van der Waals surface area contributed by atoms with Gasteiger partial charge in [-0.3, -0.25) is 0 Å². The SMILES string of the molecule is C[N-]CC1CCCN1C.[K+]. The van der Waals surface area contributed by atoms with Gasteiger partial charge in [-0.2, -0.15) is 7.05 Å². The van der Waals surface area contributed by atoms with Crippen LogP contribution in [-0.2, 0) is 0 Å². The molecule has 0 aromatic rings. The zero-order valence-corrected chi connectivity index (χ0v) is 10.4. The maximum absolute atomic E-state index is 4.13. The first-order valence-corrected chi connectivity index (χ1v) is 3.60. The monoisotopic (exact) mass is 166 g/mol. The summed E-state index contributed by atoms with van der Waals surface area (Å²) in [6, 6.07) is 0.745. The second kappa shape index (κ2) is 6.11. The number of nitrogens with zero attached hydrogens (tertiary/aromatic N) is 2. The van der Waals surface area contributed by atoms with Crippen LogP contribution in [0.15, 0.2) is 0 Å². The van der Waals surface area contributed by atoms with Crippen molar-refractivity contribution < 1.29 is 51.4 Å². The van der Waals surface area contributed by atoms with Gasteiger partial charge in [0, 0.05) is 0 Å². The Labute approximate surface area is 106 Å². The number of likely N-dealkylation sites (tertiary alicyclic amines) is 1. The molecule has 1 saturated heterocycles. The summed E-state index contributed by atoms with van der Waals surface area (Å²) in [6.45, 7) is 2.29. The number of hydrogen-bond acceptors (Lipinski definition) is 1. The molecule has 0 aromatic heterocycles. The molecule has 1 aliphatic rings. The molecule has 0 bridgehead atoms. The van der Waals surface area contributed by atoms with E-state index in [0.29, 0.717) is 0 Å². The van der Waals surface area contributed by atoms with E-state index in [2.05, 4.69) is 17.3 Å². The van der Waals surface area contributed by atoms with E-state index >= 15 is 0 Å². The second-order valence-corrected chi connectivity index (χ2v) is 2.78. The van der Waals surface area contributed by atoms with E-state index in [9.17, 15) is 0 Å². The predicted octanol–water partition coefficient (Wildman–Crippen LogP) is -1.91. The molecule has 0 spiro atoms. The summed E-state index contributed by atoms with van der Waals surface area (Å²) in [7, 11) is 4.08. The molecule has 0 radical (unpaired) electrons. The van der Waals surface area contributed by atoms with Gasteiger partial charge in [-0.15, -0.1) is 6.54 Å². The van der Waals surface area contributed by atoms with E-state index in [-0.39, 0.29) is 51.4 Å². The average molecular weight is 166 g/mol. The van der Waals surface area contributed by atoms with E-state index in [1.165, 1.54) is 19.4 Å². The molecule has 0 aromatic carbocycles. The van der Waals surface area contributed by atoms with Crippen LogP contribution in [0.5, 0.6) is 0 Å². The Morgan fingerprint density at radius 3 is 2.70 bits per heavy atom.